The summed E-state index contributed by atoms with van der Waals surface area (Å²) in [5.41, 5.74) is -0.551. The summed E-state index contributed by atoms with van der Waals surface area (Å²) in [4.78, 5) is 0. The highest BCUT2D eigenvalue weighted by Crippen LogP contribution is 2.31. The summed E-state index contributed by atoms with van der Waals surface area (Å²) in [7, 11) is 0. The van der Waals surface area contributed by atoms with Crippen molar-refractivity contribution in [2.45, 2.75) is 12.6 Å². The van der Waals surface area contributed by atoms with Gasteiger partial charge >= 0.3 is 6.18 Å². The third-order valence-electron chi connectivity index (χ3n) is 1.75. The van der Waals surface area contributed by atoms with Crippen LogP contribution < -0.4 is 0 Å². The molecule has 0 N–H and O–H groups in total. The van der Waals surface area contributed by atoms with Gasteiger partial charge in [-0.15, -0.1) is 0 Å². The van der Waals surface area contributed by atoms with Gasteiger partial charge in [-0.25, -0.2) is 0 Å². The van der Waals surface area contributed by atoms with Crippen LogP contribution in [-0.4, -0.2) is 5.75 Å². The van der Waals surface area contributed by atoms with Crippen LogP contribution in [0.4, 0.5) is 13.2 Å². The van der Waals surface area contributed by atoms with Crippen LogP contribution in [0.25, 0.3) is 0 Å². The normalized spacial score (nSPS) is 10.8. The second kappa shape index (κ2) is 5.51. The van der Waals surface area contributed by atoms with E-state index in [0.29, 0.717) is 12.2 Å². The lowest BCUT2D eigenvalue weighted by molar-refractivity contribution is -0.137. The Balaban J connectivity index is 3.06. The van der Waals surface area contributed by atoms with Crippen LogP contribution >= 0.6 is 24.2 Å². The summed E-state index contributed by atoms with van der Waals surface area (Å²) in [6, 6.07) is 3.09. The van der Waals surface area contributed by atoms with Crippen molar-refractivity contribution in [2.24, 2.45) is 0 Å². The van der Waals surface area contributed by atoms with Gasteiger partial charge in [-0.1, -0.05) is 23.4 Å². The Labute approximate surface area is 102 Å². The van der Waals surface area contributed by atoms with E-state index in [0.717, 1.165) is 12.1 Å². The van der Waals surface area contributed by atoms with E-state index in [-0.39, 0.29) is 10.6 Å². The number of rotatable bonds is 1. The van der Waals surface area contributed by atoms with E-state index in [1.165, 1.54) is 6.07 Å². The standard InChI is InChI=1S/C11H8ClF3S/c12-10-5-4-9(11(13,14)15)7-8(10)3-1-2-6-16/h4-5,7,16H,2,6H2. The molecule has 0 amide bonds. The molecule has 0 unspecified atom stereocenters. The molecule has 0 aliphatic rings. The molecule has 0 nitrogen and oxygen atoms in total. The lowest BCUT2D eigenvalue weighted by Gasteiger charge is -2.07. The Morgan fingerprint density at radius 3 is 2.56 bits per heavy atom. The quantitative estimate of drug-likeness (QED) is 0.575. The minimum absolute atomic E-state index is 0.193. The maximum Gasteiger partial charge on any atom is 0.416 e. The molecule has 0 spiro atoms. The minimum atomic E-state index is -4.37. The predicted octanol–water partition coefficient (Wildman–Crippen LogP) is 4.03. The van der Waals surface area contributed by atoms with Crippen molar-refractivity contribution in [3.63, 3.8) is 0 Å². The Morgan fingerprint density at radius 1 is 1.31 bits per heavy atom. The number of halogens is 4. The van der Waals surface area contributed by atoms with Gasteiger partial charge in [0, 0.05) is 17.7 Å². The predicted molar refractivity (Wildman–Crippen MR) is 61.8 cm³/mol. The number of hydrogen-bond donors (Lipinski definition) is 1. The summed E-state index contributed by atoms with van der Waals surface area (Å²) in [5, 5.41) is 0.222. The third-order valence-corrected chi connectivity index (χ3v) is 2.31. The average Bonchev–Trinajstić information content (AvgIpc) is 2.19. The van der Waals surface area contributed by atoms with E-state index in [9.17, 15) is 13.2 Å². The third kappa shape index (κ3) is 3.66. The van der Waals surface area contributed by atoms with Gasteiger partial charge in [0.15, 0.2) is 0 Å². The SMILES string of the molecule is FC(F)(F)c1ccc(Cl)c(C#CCCS)c1. The summed E-state index contributed by atoms with van der Waals surface area (Å²) >= 11 is 9.68. The van der Waals surface area contributed by atoms with Crippen LogP contribution in [0.15, 0.2) is 18.2 Å². The zero-order chi connectivity index (χ0) is 12.2. The molecule has 0 aliphatic carbocycles. The molecule has 0 atom stereocenters. The Kier molecular flexibility index (Phi) is 4.57. The van der Waals surface area contributed by atoms with Gasteiger partial charge in [-0.2, -0.15) is 25.8 Å². The zero-order valence-electron chi connectivity index (χ0n) is 8.11. The largest absolute Gasteiger partial charge is 0.416 e. The molecule has 16 heavy (non-hydrogen) atoms. The van der Waals surface area contributed by atoms with Crippen LogP contribution in [0.5, 0.6) is 0 Å². The molecule has 0 aromatic heterocycles. The first-order valence-corrected chi connectivity index (χ1v) is 5.42. The second-order valence-corrected chi connectivity index (χ2v) is 3.82. The average molecular weight is 265 g/mol. The van der Waals surface area contributed by atoms with Crippen LogP contribution in [0.2, 0.25) is 5.02 Å². The molecule has 0 bridgehead atoms. The maximum atomic E-state index is 12.4. The first kappa shape index (κ1) is 13.3. The van der Waals surface area contributed by atoms with Gasteiger partial charge in [-0.05, 0) is 18.2 Å². The van der Waals surface area contributed by atoms with Crippen molar-refractivity contribution < 1.29 is 13.2 Å². The fourth-order valence-electron chi connectivity index (χ4n) is 1.01. The van der Waals surface area contributed by atoms with Crippen LogP contribution in [0.3, 0.4) is 0 Å². The first-order valence-electron chi connectivity index (χ1n) is 4.41. The highest BCUT2D eigenvalue weighted by atomic mass is 35.5. The van der Waals surface area contributed by atoms with Crippen LogP contribution in [0.1, 0.15) is 17.5 Å². The summed E-state index contributed by atoms with van der Waals surface area (Å²) < 4.78 is 37.2. The van der Waals surface area contributed by atoms with Crippen molar-refractivity contribution in [1.82, 2.24) is 0 Å². The second-order valence-electron chi connectivity index (χ2n) is 2.97. The molecule has 0 saturated heterocycles. The summed E-state index contributed by atoms with van der Waals surface area (Å²) in [6.07, 6.45) is -3.86. The topological polar surface area (TPSA) is 0 Å². The fourth-order valence-corrected chi connectivity index (χ4v) is 1.29. The van der Waals surface area contributed by atoms with Crippen molar-refractivity contribution in [3.8, 4) is 11.8 Å². The molecule has 1 rings (SSSR count). The van der Waals surface area contributed by atoms with E-state index in [1.54, 1.807) is 0 Å². The molecule has 86 valence electrons. The number of hydrogen-bond acceptors (Lipinski definition) is 1. The first-order chi connectivity index (χ1) is 7.45. The lowest BCUT2D eigenvalue weighted by atomic mass is 10.1. The smallest absolute Gasteiger partial charge is 0.178 e. The van der Waals surface area contributed by atoms with Crippen molar-refractivity contribution >= 4 is 24.2 Å². The highest BCUT2D eigenvalue weighted by Gasteiger charge is 2.30. The van der Waals surface area contributed by atoms with Gasteiger partial charge in [0.2, 0.25) is 0 Å². The number of thiol groups is 1. The van der Waals surface area contributed by atoms with Crippen LogP contribution in [0, 0.1) is 11.8 Å². The van der Waals surface area contributed by atoms with Gasteiger partial charge in [0.1, 0.15) is 0 Å². The summed E-state index contributed by atoms with van der Waals surface area (Å²) in [6.45, 7) is 0. The fraction of sp³-hybridized carbons (Fsp3) is 0.273. The van der Waals surface area contributed by atoms with Gasteiger partial charge in [0.05, 0.1) is 10.6 Å². The minimum Gasteiger partial charge on any atom is -0.178 e. The number of benzene rings is 1. The van der Waals surface area contributed by atoms with E-state index in [1.807, 2.05) is 0 Å². The van der Waals surface area contributed by atoms with E-state index < -0.39 is 11.7 Å². The molecular weight excluding hydrogens is 257 g/mol. The monoisotopic (exact) mass is 264 g/mol. The van der Waals surface area contributed by atoms with Crippen molar-refractivity contribution in [3.05, 3.63) is 34.3 Å². The highest BCUT2D eigenvalue weighted by molar-refractivity contribution is 7.80. The molecule has 1 aromatic rings. The molecule has 0 aliphatic heterocycles. The molecule has 0 fully saturated rings. The Morgan fingerprint density at radius 2 is 2.00 bits per heavy atom. The molecule has 0 radical (unpaired) electrons. The molecule has 1 aromatic carbocycles. The Hall–Kier alpha value is -0.790. The molecule has 5 heteroatoms. The molecular formula is C11H8ClF3S. The van der Waals surface area contributed by atoms with Gasteiger partial charge in [-0.3, -0.25) is 0 Å². The molecule has 0 saturated carbocycles. The van der Waals surface area contributed by atoms with Crippen molar-refractivity contribution in [2.75, 3.05) is 5.75 Å². The van der Waals surface area contributed by atoms with Crippen LogP contribution in [-0.2, 0) is 6.18 Å². The maximum absolute atomic E-state index is 12.4. The number of alkyl halides is 3. The van der Waals surface area contributed by atoms with E-state index in [2.05, 4.69) is 24.5 Å². The van der Waals surface area contributed by atoms with E-state index in [4.69, 9.17) is 11.6 Å². The lowest BCUT2D eigenvalue weighted by Crippen LogP contribution is -2.04. The van der Waals surface area contributed by atoms with Gasteiger partial charge < -0.3 is 0 Å². The zero-order valence-corrected chi connectivity index (χ0v) is 9.76. The molecule has 0 heterocycles. The Bertz CT molecular complexity index is 429. The van der Waals surface area contributed by atoms with Gasteiger partial charge in [0.25, 0.3) is 0 Å². The summed E-state index contributed by atoms with van der Waals surface area (Å²) in [5.74, 6) is 5.85. The van der Waals surface area contributed by atoms with E-state index >= 15 is 0 Å². The van der Waals surface area contributed by atoms with Crippen molar-refractivity contribution in [1.29, 1.82) is 0 Å².